The van der Waals surface area contributed by atoms with E-state index in [4.69, 9.17) is 28.8 Å². The number of nitrogens with zero attached hydrogens (tertiary/aromatic N) is 4. The first-order valence-corrected chi connectivity index (χ1v) is 7.96. The molecular weight excluding hydrogens is 332 g/mol. The zero-order chi connectivity index (χ0) is 17.3. The maximum absolute atomic E-state index is 12.1. The number of nitrogens with two attached hydrogens (primary N) is 3. The van der Waals surface area contributed by atoms with Crippen molar-refractivity contribution < 1.29 is 4.79 Å². The second-order valence-corrected chi connectivity index (χ2v) is 6.21. The largest absolute Gasteiger partial charge is 0.382 e. The number of hydrogen-bond donors (Lipinski definition) is 4. The molecule has 0 atom stereocenters. The van der Waals surface area contributed by atoms with Crippen LogP contribution >= 0.6 is 11.6 Å². The molecule has 1 amide bonds. The van der Waals surface area contributed by atoms with Gasteiger partial charge in [-0.3, -0.25) is 15.0 Å². The number of carbonyl (C=O) groups excluding carboxylic acids is 1. The predicted octanol–water partition coefficient (Wildman–Crippen LogP) is -0.0516. The van der Waals surface area contributed by atoms with E-state index in [-0.39, 0.29) is 28.4 Å². The summed E-state index contributed by atoms with van der Waals surface area (Å²) in [5.41, 5.74) is 17.9. The summed E-state index contributed by atoms with van der Waals surface area (Å²) >= 11 is 5.76. The number of fused-ring (bicyclic) bond motifs is 3. The van der Waals surface area contributed by atoms with E-state index in [2.05, 4.69) is 25.2 Å². The van der Waals surface area contributed by atoms with E-state index in [1.165, 1.54) is 5.57 Å². The van der Waals surface area contributed by atoms with Crippen LogP contribution in [0.25, 0.3) is 0 Å². The van der Waals surface area contributed by atoms with Crippen molar-refractivity contribution in [3.63, 3.8) is 0 Å². The van der Waals surface area contributed by atoms with E-state index in [1.54, 1.807) is 6.20 Å². The lowest BCUT2D eigenvalue weighted by Crippen LogP contribution is -2.43. The average molecular weight is 351 g/mol. The van der Waals surface area contributed by atoms with Crippen molar-refractivity contribution in [2.24, 2.45) is 16.6 Å². The van der Waals surface area contributed by atoms with Gasteiger partial charge in [0, 0.05) is 12.7 Å². The van der Waals surface area contributed by atoms with Gasteiger partial charge in [-0.1, -0.05) is 11.6 Å². The van der Waals surface area contributed by atoms with E-state index in [0.717, 1.165) is 32.5 Å². The minimum Gasteiger partial charge on any atom is -0.382 e. The molecule has 0 aromatic carbocycles. The molecule has 1 aromatic heterocycles. The van der Waals surface area contributed by atoms with Crippen LogP contribution in [0.4, 0.5) is 11.6 Å². The third-order valence-electron chi connectivity index (χ3n) is 4.25. The van der Waals surface area contributed by atoms with Gasteiger partial charge in [0.25, 0.3) is 5.91 Å². The molecule has 24 heavy (non-hydrogen) atoms. The SMILES string of the molecule is NC(=N/C=C1\CN2CCC1CC2)NC(=O)c1nc(Cl)c(N)nc1N. The van der Waals surface area contributed by atoms with Crippen LogP contribution in [-0.2, 0) is 0 Å². The summed E-state index contributed by atoms with van der Waals surface area (Å²) in [5, 5.41) is 2.32. The molecule has 3 aliphatic heterocycles. The molecule has 7 N–H and O–H groups in total. The Morgan fingerprint density at radius 1 is 1.29 bits per heavy atom. The van der Waals surface area contributed by atoms with Crippen molar-refractivity contribution in [1.82, 2.24) is 20.2 Å². The summed E-state index contributed by atoms with van der Waals surface area (Å²) in [5.74, 6) is -0.300. The fourth-order valence-electron chi connectivity index (χ4n) is 2.96. The van der Waals surface area contributed by atoms with Crippen LogP contribution in [-0.4, -0.2) is 46.4 Å². The topological polar surface area (TPSA) is 149 Å². The zero-order valence-corrected chi connectivity index (χ0v) is 13.8. The summed E-state index contributed by atoms with van der Waals surface area (Å²) < 4.78 is 0. The van der Waals surface area contributed by atoms with E-state index in [1.807, 2.05) is 0 Å². The van der Waals surface area contributed by atoms with Crippen LogP contribution in [0.5, 0.6) is 0 Å². The third kappa shape index (κ3) is 3.41. The Labute approximate surface area is 144 Å². The number of halogens is 1. The van der Waals surface area contributed by atoms with Crippen molar-refractivity contribution in [3.05, 3.63) is 22.6 Å². The lowest BCUT2D eigenvalue weighted by molar-refractivity contribution is 0.0972. The van der Waals surface area contributed by atoms with Gasteiger partial charge in [0.1, 0.15) is 0 Å². The number of piperidine rings is 3. The number of anilines is 2. The number of rotatable bonds is 2. The van der Waals surface area contributed by atoms with Gasteiger partial charge in [0.05, 0.1) is 0 Å². The van der Waals surface area contributed by atoms with Crippen molar-refractivity contribution in [2.75, 3.05) is 31.1 Å². The molecule has 1 aromatic rings. The van der Waals surface area contributed by atoms with Gasteiger partial charge < -0.3 is 17.2 Å². The molecule has 0 radical (unpaired) electrons. The number of amides is 1. The Bertz CT molecular complexity index is 724. The maximum atomic E-state index is 12.1. The highest BCUT2D eigenvalue weighted by Crippen LogP contribution is 2.31. The van der Waals surface area contributed by atoms with Gasteiger partial charge in [-0.15, -0.1) is 0 Å². The van der Waals surface area contributed by atoms with Crippen LogP contribution in [0.1, 0.15) is 23.3 Å². The van der Waals surface area contributed by atoms with Crippen molar-refractivity contribution >= 4 is 35.1 Å². The monoisotopic (exact) mass is 350 g/mol. The fraction of sp³-hybridized carbons (Fsp3) is 0.429. The van der Waals surface area contributed by atoms with Gasteiger partial charge in [-0.25, -0.2) is 15.0 Å². The van der Waals surface area contributed by atoms with Gasteiger partial charge in [0.2, 0.25) is 0 Å². The maximum Gasteiger partial charge on any atom is 0.280 e. The number of carbonyl (C=O) groups is 1. The molecule has 2 bridgehead atoms. The van der Waals surface area contributed by atoms with Crippen LogP contribution < -0.4 is 22.5 Å². The van der Waals surface area contributed by atoms with Crippen LogP contribution in [0.2, 0.25) is 5.15 Å². The van der Waals surface area contributed by atoms with Crippen LogP contribution in [0, 0.1) is 5.92 Å². The molecule has 10 heteroatoms. The second kappa shape index (κ2) is 6.62. The average Bonchev–Trinajstić information content (AvgIpc) is 2.57. The first-order valence-electron chi connectivity index (χ1n) is 7.58. The molecule has 3 fully saturated rings. The number of nitrogen functional groups attached to an aromatic ring is 2. The Hall–Kier alpha value is -2.39. The zero-order valence-electron chi connectivity index (χ0n) is 13.0. The molecule has 0 spiro atoms. The van der Waals surface area contributed by atoms with E-state index in [0.29, 0.717) is 5.92 Å². The number of nitrogens with one attached hydrogen (secondary N) is 1. The Morgan fingerprint density at radius 2 is 2.00 bits per heavy atom. The van der Waals surface area contributed by atoms with Crippen molar-refractivity contribution in [3.8, 4) is 0 Å². The highest BCUT2D eigenvalue weighted by Gasteiger charge is 2.29. The molecule has 0 saturated carbocycles. The van der Waals surface area contributed by atoms with E-state index < -0.39 is 5.91 Å². The molecule has 128 valence electrons. The number of hydrogen-bond acceptors (Lipinski definition) is 7. The third-order valence-corrected chi connectivity index (χ3v) is 4.53. The summed E-state index contributed by atoms with van der Waals surface area (Å²) in [7, 11) is 0. The Morgan fingerprint density at radius 3 is 2.62 bits per heavy atom. The van der Waals surface area contributed by atoms with Gasteiger partial charge in [0.15, 0.2) is 28.4 Å². The number of aliphatic imine (C=N–C) groups is 1. The highest BCUT2D eigenvalue weighted by atomic mass is 35.5. The summed E-state index contributed by atoms with van der Waals surface area (Å²) in [4.78, 5) is 26.2. The van der Waals surface area contributed by atoms with Gasteiger partial charge in [-0.05, 0) is 37.4 Å². The van der Waals surface area contributed by atoms with E-state index in [9.17, 15) is 4.79 Å². The summed E-state index contributed by atoms with van der Waals surface area (Å²) in [6.45, 7) is 3.17. The van der Waals surface area contributed by atoms with Crippen LogP contribution in [0.15, 0.2) is 16.8 Å². The number of aromatic nitrogens is 2. The van der Waals surface area contributed by atoms with Crippen molar-refractivity contribution in [1.29, 1.82) is 0 Å². The highest BCUT2D eigenvalue weighted by molar-refractivity contribution is 6.31. The number of guanidine groups is 1. The lowest BCUT2D eigenvalue weighted by atomic mass is 9.84. The smallest absolute Gasteiger partial charge is 0.280 e. The van der Waals surface area contributed by atoms with E-state index >= 15 is 0 Å². The van der Waals surface area contributed by atoms with Gasteiger partial charge >= 0.3 is 0 Å². The quantitative estimate of drug-likeness (QED) is 0.431. The molecule has 9 nitrogen and oxygen atoms in total. The molecule has 3 aliphatic rings. The first kappa shape index (κ1) is 16.5. The van der Waals surface area contributed by atoms with Gasteiger partial charge in [-0.2, -0.15) is 0 Å². The normalized spacial score (nSPS) is 25.0. The molecular formula is C14H19ClN8O. The predicted molar refractivity (Wildman–Crippen MR) is 92.2 cm³/mol. The molecule has 0 aliphatic carbocycles. The van der Waals surface area contributed by atoms with Crippen LogP contribution in [0.3, 0.4) is 0 Å². The molecule has 4 heterocycles. The molecule has 4 rings (SSSR count). The minimum atomic E-state index is -0.643. The van der Waals surface area contributed by atoms with Crippen molar-refractivity contribution in [2.45, 2.75) is 12.8 Å². The first-order chi connectivity index (χ1) is 11.4. The second-order valence-electron chi connectivity index (χ2n) is 5.86. The fourth-order valence-corrected chi connectivity index (χ4v) is 3.09. The summed E-state index contributed by atoms with van der Waals surface area (Å²) in [6.07, 6.45) is 4.02. The lowest BCUT2D eigenvalue weighted by Gasteiger charge is -2.40. The Kier molecular flexibility index (Phi) is 4.54. The minimum absolute atomic E-state index is 0.0422. The standard InChI is InChI=1S/C14H19ClN8O/c15-10-12(17)21-11(16)9(20-10)13(24)22-14(18)19-5-8-6-23-3-1-7(8)2-4-23/h5,7H,1-4,6H2,(H4,16,17,21)(H3,18,19,22,24)/b8-5+. The molecule has 3 saturated heterocycles. The molecule has 0 unspecified atom stereocenters. The summed E-state index contributed by atoms with van der Waals surface area (Å²) in [6, 6.07) is 0. The Balaban J connectivity index is 1.69.